The molecule has 7 nitrogen and oxygen atoms in total. The number of rotatable bonds is 22. The van der Waals surface area contributed by atoms with Crippen molar-refractivity contribution in [3.05, 3.63) is 108 Å². The van der Waals surface area contributed by atoms with Crippen molar-refractivity contribution in [1.29, 1.82) is 0 Å². The Morgan fingerprint density at radius 2 is 0.900 bits per heavy atom. The van der Waals surface area contributed by atoms with Crippen LogP contribution in [-0.4, -0.2) is 64.8 Å². The third-order valence-corrected chi connectivity index (χ3v) is 11.7. The topological polar surface area (TPSA) is 75.8 Å². The monoisotopic (exact) mass is 805 g/mol. The Hall–Kier alpha value is -5.40. The molecule has 0 amide bonds. The van der Waals surface area contributed by atoms with E-state index in [2.05, 4.69) is 147 Å². The van der Waals surface area contributed by atoms with Crippen molar-refractivity contribution < 1.29 is 14.0 Å². The molecule has 7 rings (SSSR count). The van der Waals surface area contributed by atoms with Gasteiger partial charge in [-0.1, -0.05) is 102 Å². The summed E-state index contributed by atoms with van der Waals surface area (Å²) in [5.74, 6) is 1.79. The van der Waals surface area contributed by atoms with Gasteiger partial charge in [-0.15, -0.1) is 0 Å². The van der Waals surface area contributed by atoms with Gasteiger partial charge >= 0.3 is 0 Å². The van der Waals surface area contributed by atoms with Gasteiger partial charge in [-0.05, 0) is 109 Å². The van der Waals surface area contributed by atoms with Crippen LogP contribution < -0.4 is 9.47 Å². The molecule has 0 unspecified atom stereocenters. The Bertz CT molecular complexity index is 2370. The summed E-state index contributed by atoms with van der Waals surface area (Å²) in [5.41, 5.74) is 11.8. The van der Waals surface area contributed by atoms with Gasteiger partial charge in [0.25, 0.3) is 0 Å². The molecule has 0 saturated heterocycles. The molecule has 7 heteroatoms. The van der Waals surface area contributed by atoms with Gasteiger partial charge in [0.1, 0.15) is 11.5 Å². The second-order valence-electron chi connectivity index (χ2n) is 17.2. The lowest BCUT2D eigenvalue weighted by atomic mass is 10.0. The molecule has 0 spiro atoms. The van der Waals surface area contributed by atoms with Gasteiger partial charge in [-0.25, -0.2) is 9.97 Å². The molecule has 5 heterocycles. The van der Waals surface area contributed by atoms with Crippen molar-refractivity contribution >= 4 is 46.4 Å². The number of nitrogens with one attached hydrogen (secondary N) is 2. The summed E-state index contributed by atoms with van der Waals surface area (Å²) in [6.07, 6.45) is 25.1. The summed E-state index contributed by atoms with van der Waals surface area (Å²) in [4.78, 5) is 17.6. The predicted molar refractivity (Wildman–Crippen MR) is 254 cm³/mol. The quantitative estimate of drug-likeness (QED) is 0.0528. The largest absolute Gasteiger partial charge is 0.494 e. The molecular formula is C53H66N5O2+. The molecule has 0 radical (unpaired) electrons. The van der Waals surface area contributed by atoms with Crippen LogP contribution in [0.4, 0.5) is 0 Å². The number of hydrogen-bond donors (Lipinski definition) is 2. The Balaban J connectivity index is 1.09. The first-order valence-electron chi connectivity index (χ1n) is 22.8. The standard InChI is InChI=1S/C53H66N5O2/c1-5-7-9-10-11-12-13-14-15-16-36-59-46-26-18-40(19-27-46)52-48-30-22-42(54-48)38-44-24-32-50(56-44)53(51-33-25-45(57-51)39-43-23-31-49(52)55-43)41-20-28-47(29-21-41)60-37-17-35-58(3,4)34-8-6-2/h18-33,38-39,54,57H,5-17,34-37H2,1-4H3/q+1. The van der Waals surface area contributed by atoms with Crippen LogP contribution in [0.15, 0.2) is 84.9 Å². The zero-order valence-electron chi connectivity index (χ0n) is 36.6. The number of quaternary nitrogens is 1. The van der Waals surface area contributed by atoms with Crippen molar-refractivity contribution in [2.45, 2.75) is 97.3 Å². The van der Waals surface area contributed by atoms with E-state index in [1.54, 1.807) is 0 Å². The van der Waals surface area contributed by atoms with E-state index in [1.807, 2.05) is 0 Å². The molecule has 8 bridgehead atoms. The summed E-state index contributed by atoms with van der Waals surface area (Å²) >= 11 is 0. The van der Waals surface area contributed by atoms with E-state index in [0.717, 1.165) is 109 Å². The minimum atomic E-state index is 0.709. The Morgan fingerprint density at radius 3 is 1.38 bits per heavy atom. The van der Waals surface area contributed by atoms with Gasteiger partial charge < -0.3 is 23.9 Å². The maximum Gasteiger partial charge on any atom is 0.119 e. The SMILES string of the molecule is CCCCCCCCCCCCOc1ccc(-c2c3nc(cc4ccc([nH]4)c(-c4ccc(OCCC[N+](C)(C)CCCC)cc4)c4nc(cc5ccc2[nH]5)C=C4)C=C3)cc1. The molecule has 0 aliphatic carbocycles. The fraction of sp³-hybridized carbons (Fsp3) is 0.396. The van der Waals surface area contributed by atoms with E-state index in [0.29, 0.717) is 6.61 Å². The molecule has 60 heavy (non-hydrogen) atoms. The minimum absolute atomic E-state index is 0.709. The number of ether oxygens (including phenoxy) is 2. The number of nitrogens with zero attached hydrogens (tertiary/aromatic N) is 3. The van der Waals surface area contributed by atoms with E-state index in [4.69, 9.17) is 19.4 Å². The van der Waals surface area contributed by atoms with Gasteiger partial charge in [0, 0.05) is 39.6 Å². The van der Waals surface area contributed by atoms with Crippen molar-refractivity contribution in [3.63, 3.8) is 0 Å². The number of aromatic amines is 2. The number of fused-ring (bicyclic) bond motifs is 8. The van der Waals surface area contributed by atoms with Crippen LogP contribution in [0.1, 0.15) is 120 Å². The van der Waals surface area contributed by atoms with Crippen molar-refractivity contribution in [2.24, 2.45) is 0 Å². The average Bonchev–Trinajstić information content (AvgIpc) is 4.10. The highest BCUT2D eigenvalue weighted by atomic mass is 16.5. The molecule has 2 aromatic carbocycles. The van der Waals surface area contributed by atoms with Gasteiger partial charge in [-0.3, -0.25) is 0 Å². The van der Waals surface area contributed by atoms with Crippen LogP contribution in [0, 0.1) is 0 Å². The van der Waals surface area contributed by atoms with Crippen LogP contribution in [0.2, 0.25) is 0 Å². The Labute approximate surface area is 358 Å². The minimum Gasteiger partial charge on any atom is -0.494 e. The lowest BCUT2D eigenvalue weighted by Gasteiger charge is -2.29. The van der Waals surface area contributed by atoms with Crippen LogP contribution in [0.5, 0.6) is 11.5 Å². The molecule has 2 N–H and O–H groups in total. The summed E-state index contributed by atoms with van der Waals surface area (Å²) in [6, 6.07) is 29.6. The molecule has 5 aromatic rings. The second-order valence-corrected chi connectivity index (χ2v) is 17.2. The van der Waals surface area contributed by atoms with Crippen LogP contribution >= 0.6 is 0 Å². The maximum atomic E-state index is 6.20. The van der Waals surface area contributed by atoms with Gasteiger partial charge in [0.05, 0.1) is 63.2 Å². The zero-order valence-corrected chi connectivity index (χ0v) is 36.6. The second kappa shape index (κ2) is 21.2. The average molecular weight is 805 g/mol. The number of H-pyrrole nitrogens is 2. The Kier molecular flexibility index (Phi) is 15.1. The molecule has 0 atom stereocenters. The van der Waals surface area contributed by atoms with Crippen molar-refractivity contribution in [3.8, 4) is 33.8 Å². The summed E-state index contributed by atoms with van der Waals surface area (Å²) in [5, 5.41) is 0. The fourth-order valence-electron chi connectivity index (χ4n) is 8.28. The first-order chi connectivity index (χ1) is 29.4. The highest BCUT2D eigenvalue weighted by Gasteiger charge is 2.15. The molecule has 0 saturated carbocycles. The van der Waals surface area contributed by atoms with Crippen LogP contribution in [0.3, 0.4) is 0 Å². The molecule has 2 aliphatic rings. The third kappa shape index (κ3) is 11.9. The molecular weight excluding hydrogens is 739 g/mol. The Morgan fingerprint density at radius 1 is 0.467 bits per heavy atom. The molecule has 2 aliphatic heterocycles. The van der Waals surface area contributed by atoms with E-state index >= 15 is 0 Å². The normalized spacial score (nSPS) is 12.3. The van der Waals surface area contributed by atoms with E-state index < -0.39 is 0 Å². The van der Waals surface area contributed by atoms with Gasteiger partial charge in [0.2, 0.25) is 0 Å². The summed E-state index contributed by atoms with van der Waals surface area (Å²) in [6.45, 7) is 8.31. The molecule has 0 fully saturated rings. The summed E-state index contributed by atoms with van der Waals surface area (Å²) in [7, 11) is 4.63. The first kappa shape index (κ1) is 42.7. The van der Waals surface area contributed by atoms with E-state index in [1.165, 1.54) is 77.2 Å². The highest BCUT2D eigenvalue weighted by Crippen LogP contribution is 2.34. The van der Waals surface area contributed by atoms with Gasteiger partial charge in [0.15, 0.2) is 0 Å². The lowest BCUT2D eigenvalue weighted by Crippen LogP contribution is -2.41. The molecule has 314 valence electrons. The number of benzene rings is 2. The number of aromatic nitrogens is 4. The maximum absolute atomic E-state index is 6.20. The van der Waals surface area contributed by atoms with Gasteiger partial charge in [-0.2, -0.15) is 0 Å². The summed E-state index contributed by atoms with van der Waals surface area (Å²) < 4.78 is 13.4. The van der Waals surface area contributed by atoms with Crippen molar-refractivity contribution in [2.75, 3.05) is 40.4 Å². The highest BCUT2D eigenvalue weighted by molar-refractivity contribution is 5.93. The number of hydrogen-bond acceptors (Lipinski definition) is 4. The third-order valence-electron chi connectivity index (χ3n) is 11.7. The fourth-order valence-corrected chi connectivity index (χ4v) is 8.28. The van der Waals surface area contributed by atoms with E-state index in [9.17, 15) is 0 Å². The first-order valence-corrected chi connectivity index (χ1v) is 22.8. The zero-order chi connectivity index (χ0) is 41.6. The van der Waals surface area contributed by atoms with Crippen LogP contribution in [0.25, 0.3) is 68.6 Å². The van der Waals surface area contributed by atoms with Crippen LogP contribution in [-0.2, 0) is 0 Å². The number of unbranched alkanes of at least 4 members (excludes halogenated alkanes) is 10. The van der Waals surface area contributed by atoms with E-state index in [-0.39, 0.29) is 0 Å². The molecule has 3 aromatic heterocycles. The van der Waals surface area contributed by atoms with Crippen molar-refractivity contribution in [1.82, 2.24) is 19.9 Å². The smallest absolute Gasteiger partial charge is 0.119 e. The predicted octanol–water partition coefficient (Wildman–Crippen LogP) is 13.9. The lowest BCUT2D eigenvalue weighted by molar-refractivity contribution is -0.890.